The summed E-state index contributed by atoms with van der Waals surface area (Å²) in [4.78, 5) is 23.7. The molecule has 22 heavy (non-hydrogen) atoms. The third-order valence-electron chi connectivity index (χ3n) is 4.28. The van der Waals surface area contributed by atoms with E-state index in [1.54, 1.807) is 13.8 Å². The molecule has 1 rings (SSSR count). The van der Waals surface area contributed by atoms with E-state index >= 15 is 0 Å². The molecule has 0 aromatic rings. The lowest BCUT2D eigenvalue weighted by Gasteiger charge is -2.48. The summed E-state index contributed by atoms with van der Waals surface area (Å²) >= 11 is 0. The molecule has 0 aliphatic heterocycles. The van der Waals surface area contributed by atoms with Gasteiger partial charge in [-0.25, -0.2) is 4.79 Å². The Hall–Kier alpha value is -1.30. The lowest BCUT2D eigenvalue weighted by atomic mass is 9.60. The maximum absolute atomic E-state index is 12.0. The van der Waals surface area contributed by atoms with Gasteiger partial charge < -0.3 is 20.5 Å². The highest BCUT2D eigenvalue weighted by Gasteiger charge is 2.47. The Balaban J connectivity index is 2.85. The Labute approximate surface area is 133 Å². The van der Waals surface area contributed by atoms with Gasteiger partial charge in [-0.15, -0.1) is 0 Å². The Kier molecular flexibility index (Phi) is 6.23. The number of ether oxygens (including phenoxy) is 2. The van der Waals surface area contributed by atoms with Crippen LogP contribution in [0, 0.1) is 10.8 Å². The summed E-state index contributed by atoms with van der Waals surface area (Å²) < 4.78 is 10.0. The summed E-state index contributed by atoms with van der Waals surface area (Å²) in [6.45, 7) is 10.4. The molecule has 1 fully saturated rings. The van der Waals surface area contributed by atoms with Crippen LogP contribution in [-0.4, -0.2) is 37.4 Å². The smallest absolute Gasteiger partial charge is 0.407 e. The highest BCUT2D eigenvalue weighted by atomic mass is 16.5. The number of esters is 1. The number of amides is 1. The molecular weight excluding hydrogens is 284 g/mol. The average Bonchev–Trinajstić information content (AvgIpc) is 2.35. The Morgan fingerprint density at radius 3 is 2.32 bits per heavy atom. The number of nitrogens with one attached hydrogen (secondary N) is 1. The molecule has 0 bridgehead atoms. The number of carbonyl (C=O) groups excluding carboxylic acids is 2. The Bertz CT molecular complexity index is 411. The van der Waals surface area contributed by atoms with Gasteiger partial charge in [-0.3, -0.25) is 4.79 Å². The highest BCUT2D eigenvalue weighted by molar-refractivity contribution is 5.76. The van der Waals surface area contributed by atoms with E-state index in [1.165, 1.54) is 0 Å². The van der Waals surface area contributed by atoms with Crippen molar-refractivity contribution in [2.75, 3.05) is 13.2 Å². The minimum absolute atomic E-state index is 0.0265. The van der Waals surface area contributed by atoms with E-state index in [2.05, 4.69) is 19.2 Å². The van der Waals surface area contributed by atoms with Crippen LogP contribution in [0.25, 0.3) is 0 Å². The molecule has 0 spiro atoms. The van der Waals surface area contributed by atoms with Gasteiger partial charge in [0.05, 0.1) is 13.2 Å². The predicted molar refractivity (Wildman–Crippen MR) is 84.3 cm³/mol. The molecule has 6 heteroatoms. The molecule has 1 amide bonds. The fraction of sp³-hybridized carbons (Fsp3) is 0.875. The van der Waals surface area contributed by atoms with Crippen molar-refractivity contribution in [2.24, 2.45) is 16.6 Å². The van der Waals surface area contributed by atoms with Crippen LogP contribution < -0.4 is 11.1 Å². The van der Waals surface area contributed by atoms with Gasteiger partial charge in [0.25, 0.3) is 0 Å². The summed E-state index contributed by atoms with van der Waals surface area (Å²) in [7, 11) is 0. The summed E-state index contributed by atoms with van der Waals surface area (Å²) in [5.74, 6) is -0.377. The average molecular weight is 314 g/mol. The van der Waals surface area contributed by atoms with Gasteiger partial charge in [0, 0.05) is 6.04 Å². The molecule has 0 aromatic heterocycles. The van der Waals surface area contributed by atoms with Gasteiger partial charge in [-0.05, 0) is 43.9 Å². The molecule has 3 atom stereocenters. The maximum Gasteiger partial charge on any atom is 0.407 e. The molecule has 128 valence electrons. The first-order valence-electron chi connectivity index (χ1n) is 7.99. The van der Waals surface area contributed by atoms with E-state index in [9.17, 15) is 9.59 Å². The highest BCUT2D eigenvalue weighted by Crippen LogP contribution is 2.47. The molecule has 3 unspecified atom stereocenters. The van der Waals surface area contributed by atoms with Crippen molar-refractivity contribution in [2.45, 2.75) is 66.0 Å². The minimum Gasteiger partial charge on any atom is -0.465 e. The quantitative estimate of drug-likeness (QED) is 0.759. The fourth-order valence-corrected chi connectivity index (χ4v) is 3.73. The summed E-state index contributed by atoms with van der Waals surface area (Å²) in [5, 5.41) is 2.89. The number of hydrogen-bond donors (Lipinski definition) is 2. The number of rotatable bonds is 5. The van der Waals surface area contributed by atoms with E-state index in [1.807, 2.05) is 6.92 Å². The van der Waals surface area contributed by atoms with Crippen molar-refractivity contribution in [3.63, 3.8) is 0 Å². The van der Waals surface area contributed by atoms with Gasteiger partial charge >= 0.3 is 12.1 Å². The number of hydrogen-bond acceptors (Lipinski definition) is 5. The second-order valence-corrected chi connectivity index (χ2v) is 7.19. The van der Waals surface area contributed by atoms with Crippen molar-refractivity contribution >= 4 is 12.1 Å². The lowest BCUT2D eigenvalue weighted by molar-refractivity contribution is -0.149. The van der Waals surface area contributed by atoms with Crippen LogP contribution in [0.2, 0.25) is 0 Å². The largest absolute Gasteiger partial charge is 0.465 e. The zero-order valence-corrected chi connectivity index (χ0v) is 14.4. The monoisotopic (exact) mass is 314 g/mol. The summed E-state index contributed by atoms with van der Waals surface area (Å²) in [6, 6.07) is -0.758. The van der Waals surface area contributed by atoms with Crippen LogP contribution in [-0.2, 0) is 14.3 Å². The molecule has 1 aliphatic carbocycles. The fourth-order valence-electron chi connectivity index (χ4n) is 3.73. The molecular formula is C16H30N2O4. The molecule has 1 aliphatic rings. The van der Waals surface area contributed by atoms with Crippen LogP contribution in [0.5, 0.6) is 0 Å². The molecule has 3 N–H and O–H groups in total. The van der Waals surface area contributed by atoms with Crippen LogP contribution in [0.15, 0.2) is 0 Å². The standard InChI is InChI=1S/C16H30N2O4/c1-6-21-13(19)12(17)16(5)9-11(8-15(3,4)10-16)18-14(20)22-7-2/h11-12H,6-10,17H2,1-5H3,(H,18,20). The van der Waals surface area contributed by atoms with Gasteiger partial charge in [0.1, 0.15) is 6.04 Å². The van der Waals surface area contributed by atoms with Crippen molar-refractivity contribution in [1.29, 1.82) is 0 Å². The van der Waals surface area contributed by atoms with Crippen LogP contribution in [0.3, 0.4) is 0 Å². The van der Waals surface area contributed by atoms with E-state index in [4.69, 9.17) is 15.2 Å². The van der Waals surface area contributed by atoms with Crippen molar-refractivity contribution in [1.82, 2.24) is 5.32 Å². The van der Waals surface area contributed by atoms with E-state index in [-0.39, 0.29) is 17.4 Å². The molecule has 0 saturated heterocycles. The Morgan fingerprint density at radius 2 is 1.77 bits per heavy atom. The summed E-state index contributed by atoms with van der Waals surface area (Å²) in [6.07, 6.45) is 1.85. The topological polar surface area (TPSA) is 90.6 Å². The Morgan fingerprint density at radius 1 is 1.18 bits per heavy atom. The molecule has 6 nitrogen and oxygen atoms in total. The molecule has 0 aromatic carbocycles. The third kappa shape index (κ3) is 4.87. The lowest BCUT2D eigenvalue weighted by Crippen LogP contribution is -2.55. The van der Waals surface area contributed by atoms with E-state index in [0.29, 0.717) is 19.6 Å². The van der Waals surface area contributed by atoms with Crippen LogP contribution >= 0.6 is 0 Å². The first kappa shape index (κ1) is 18.7. The van der Waals surface area contributed by atoms with E-state index < -0.39 is 17.6 Å². The number of carbonyl (C=O) groups is 2. The van der Waals surface area contributed by atoms with Gasteiger partial charge in [-0.2, -0.15) is 0 Å². The zero-order valence-electron chi connectivity index (χ0n) is 14.4. The molecule has 0 heterocycles. The second-order valence-electron chi connectivity index (χ2n) is 7.19. The van der Waals surface area contributed by atoms with E-state index in [0.717, 1.165) is 12.8 Å². The molecule has 1 saturated carbocycles. The minimum atomic E-state index is -0.696. The third-order valence-corrected chi connectivity index (χ3v) is 4.28. The normalized spacial score (nSPS) is 28.5. The maximum atomic E-state index is 12.0. The zero-order chi connectivity index (χ0) is 17.0. The predicted octanol–water partition coefficient (Wildman–Crippen LogP) is 2.21. The van der Waals surface area contributed by atoms with Gasteiger partial charge in [0.2, 0.25) is 0 Å². The SMILES string of the molecule is CCOC(=O)NC1CC(C)(C)CC(C)(C(N)C(=O)OCC)C1. The van der Waals surface area contributed by atoms with Crippen LogP contribution in [0.1, 0.15) is 53.9 Å². The van der Waals surface area contributed by atoms with Crippen molar-refractivity contribution in [3.05, 3.63) is 0 Å². The first-order valence-corrected chi connectivity index (χ1v) is 7.99. The number of alkyl carbamates (subject to hydrolysis) is 1. The summed E-state index contributed by atoms with van der Waals surface area (Å²) in [5.41, 5.74) is 5.72. The number of nitrogens with two attached hydrogens (primary N) is 1. The van der Waals surface area contributed by atoms with Gasteiger partial charge in [0.15, 0.2) is 0 Å². The van der Waals surface area contributed by atoms with Crippen molar-refractivity contribution < 1.29 is 19.1 Å². The first-order chi connectivity index (χ1) is 10.1. The second kappa shape index (κ2) is 7.31. The van der Waals surface area contributed by atoms with Crippen LogP contribution in [0.4, 0.5) is 4.79 Å². The van der Waals surface area contributed by atoms with Gasteiger partial charge in [-0.1, -0.05) is 20.8 Å². The molecule has 0 radical (unpaired) electrons. The van der Waals surface area contributed by atoms with Crippen molar-refractivity contribution in [3.8, 4) is 0 Å².